The largest absolute Gasteiger partial charge is 0.376 e. The van der Waals surface area contributed by atoms with E-state index >= 15 is 0 Å². The number of nitrogens with zero attached hydrogens (tertiary/aromatic N) is 2. The summed E-state index contributed by atoms with van der Waals surface area (Å²) in [6.07, 6.45) is 8.90. The van der Waals surface area contributed by atoms with E-state index in [0.717, 1.165) is 81.1 Å². The summed E-state index contributed by atoms with van der Waals surface area (Å²) in [5.41, 5.74) is 2.00. The molecule has 1 amide bonds. The monoisotopic (exact) mass is 424 g/mol. The van der Waals surface area contributed by atoms with Gasteiger partial charge in [-0.1, -0.05) is 6.07 Å². The van der Waals surface area contributed by atoms with Gasteiger partial charge in [-0.25, -0.2) is 0 Å². The van der Waals surface area contributed by atoms with Crippen molar-refractivity contribution in [3.05, 3.63) is 29.6 Å². The molecule has 0 aromatic carbocycles. The summed E-state index contributed by atoms with van der Waals surface area (Å²) in [5.74, 6) is 3.93. The number of aryl methyl sites for hydroxylation is 1. The zero-order valence-electron chi connectivity index (χ0n) is 18.8. The SMILES string of the molecule is Cc1cccc(COCC[C@H]2CO[C@H]3CN(C(=O)C45CC6CC(CC(C6)C4)C5)C[C@@H]23)n1. The van der Waals surface area contributed by atoms with Gasteiger partial charge >= 0.3 is 0 Å². The molecule has 0 unspecified atom stereocenters. The van der Waals surface area contributed by atoms with Gasteiger partial charge in [0.15, 0.2) is 0 Å². The molecule has 6 fully saturated rings. The van der Waals surface area contributed by atoms with Crippen LogP contribution in [0.1, 0.15) is 56.3 Å². The zero-order chi connectivity index (χ0) is 21.0. The Morgan fingerprint density at radius 2 is 1.90 bits per heavy atom. The molecule has 4 aliphatic carbocycles. The van der Waals surface area contributed by atoms with E-state index in [1.165, 1.54) is 19.3 Å². The lowest BCUT2D eigenvalue weighted by Gasteiger charge is -2.56. The molecule has 0 N–H and O–H groups in total. The molecule has 3 atom stereocenters. The van der Waals surface area contributed by atoms with Gasteiger partial charge in [-0.15, -0.1) is 0 Å². The molecular weight excluding hydrogens is 388 g/mol. The number of fused-ring (bicyclic) bond motifs is 1. The first kappa shape index (κ1) is 20.2. The van der Waals surface area contributed by atoms with Crippen LogP contribution in [0.4, 0.5) is 0 Å². The number of rotatable bonds is 6. The van der Waals surface area contributed by atoms with E-state index in [2.05, 4.69) is 9.88 Å². The van der Waals surface area contributed by atoms with Crippen molar-refractivity contribution in [2.24, 2.45) is 35.0 Å². The van der Waals surface area contributed by atoms with Crippen LogP contribution in [-0.4, -0.2) is 48.2 Å². The highest BCUT2D eigenvalue weighted by molar-refractivity contribution is 5.83. The Labute approximate surface area is 185 Å². The number of carbonyl (C=O) groups excluding carboxylic acids is 1. The first-order chi connectivity index (χ1) is 15.1. The number of carbonyl (C=O) groups is 1. The lowest BCUT2D eigenvalue weighted by atomic mass is 9.49. The summed E-state index contributed by atoms with van der Waals surface area (Å²) in [7, 11) is 0. The highest BCUT2D eigenvalue weighted by Gasteiger charge is 2.57. The minimum Gasteiger partial charge on any atom is -0.376 e. The molecule has 1 aromatic heterocycles. The number of hydrogen-bond acceptors (Lipinski definition) is 4. The minimum atomic E-state index is -0.0210. The Bertz CT molecular complexity index is 804. The maximum Gasteiger partial charge on any atom is 0.228 e. The molecule has 0 radical (unpaired) electrons. The van der Waals surface area contributed by atoms with Gasteiger partial charge in [0, 0.05) is 31.3 Å². The van der Waals surface area contributed by atoms with E-state index < -0.39 is 0 Å². The molecule has 5 heteroatoms. The number of amides is 1. The van der Waals surface area contributed by atoms with Crippen LogP contribution in [0.15, 0.2) is 18.2 Å². The topological polar surface area (TPSA) is 51.7 Å². The molecule has 6 aliphatic rings. The van der Waals surface area contributed by atoms with E-state index in [9.17, 15) is 4.79 Å². The van der Waals surface area contributed by atoms with Gasteiger partial charge in [0.05, 0.1) is 30.4 Å². The molecule has 3 heterocycles. The van der Waals surface area contributed by atoms with Gasteiger partial charge in [0.2, 0.25) is 5.91 Å². The number of aromatic nitrogens is 1. The number of pyridine rings is 1. The first-order valence-corrected chi connectivity index (χ1v) is 12.5. The molecular formula is C26H36N2O3. The highest BCUT2D eigenvalue weighted by Crippen LogP contribution is 2.60. The lowest BCUT2D eigenvalue weighted by Crippen LogP contribution is -2.54. The van der Waals surface area contributed by atoms with Crippen LogP contribution in [0.2, 0.25) is 0 Å². The minimum absolute atomic E-state index is 0.0210. The fourth-order valence-corrected chi connectivity index (χ4v) is 8.06. The third-order valence-electron chi connectivity index (χ3n) is 9.05. The number of likely N-dealkylation sites (tertiary alicyclic amines) is 1. The second-order valence-corrected chi connectivity index (χ2v) is 11.3. The second-order valence-electron chi connectivity index (χ2n) is 11.3. The molecule has 31 heavy (non-hydrogen) atoms. The zero-order valence-corrected chi connectivity index (χ0v) is 18.8. The number of ether oxygens (including phenoxy) is 2. The van der Waals surface area contributed by atoms with Crippen molar-refractivity contribution in [1.29, 1.82) is 0 Å². The van der Waals surface area contributed by atoms with Crippen LogP contribution in [0.25, 0.3) is 0 Å². The molecule has 1 aromatic rings. The van der Waals surface area contributed by atoms with Crippen molar-refractivity contribution in [2.45, 2.75) is 64.6 Å². The predicted molar refractivity (Wildman–Crippen MR) is 117 cm³/mol. The molecule has 4 saturated carbocycles. The summed E-state index contributed by atoms with van der Waals surface area (Å²) in [6.45, 7) is 5.85. The van der Waals surface area contributed by atoms with Crippen LogP contribution in [-0.2, 0) is 20.9 Å². The van der Waals surface area contributed by atoms with Crippen LogP contribution in [0.5, 0.6) is 0 Å². The van der Waals surface area contributed by atoms with Crippen molar-refractivity contribution < 1.29 is 14.3 Å². The van der Waals surface area contributed by atoms with Crippen molar-refractivity contribution in [1.82, 2.24) is 9.88 Å². The van der Waals surface area contributed by atoms with Gasteiger partial charge < -0.3 is 14.4 Å². The Balaban J connectivity index is 1.03. The Kier molecular flexibility index (Phi) is 5.10. The Morgan fingerprint density at radius 1 is 1.16 bits per heavy atom. The summed E-state index contributed by atoms with van der Waals surface area (Å²) in [6, 6.07) is 6.06. The van der Waals surface area contributed by atoms with Crippen molar-refractivity contribution >= 4 is 5.91 Å². The molecule has 0 spiro atoms. The van der Waals surface area contributed by atoms with E-state index in [0.29, 0.717) is 24.3 Å². The predicted octanol–water partition coefficient (Wildman–Crippen LogP) is 3.99. The third kappa shape index (κ3) is 3.72. The molecule has 7 rings (SSSR count). The van der Waals surface area contributed by atoms with E-state index in [-0.39, 0.29) is 11.5 Å². The van der Waals surface area contributed by atoms with Gasteiger partial charge in [-0.3, -0.25) is 9.78 Å². The van der Waals surface area contributed by atoms with Crippen molar-refractivity contribution in [3.8, 4) is 0 Å². The van der Waals surface area contributed by atoms with Crippen LogP contribution >= 0.6 is 0 Å². The summed E-state index contributed by atoms with van der Waals surface area (Å²) in [4.78, 5) is 20.4. The fraction of sp³-hybridized carbons (Fsp3) is 0.769. The number of hydrogen-bond donors (Lipinski definition) is 0. The van der Waals surface area contributed by atoms with Gasteiger partial charge in [-0.2, -0.15) is 0 Å². The lowest BCUT2D eigenvalue weighted by molar-refractivity contribution is -0.157. The van der Waals surface area contributed by atoms with E-state index in [1.807, 2.05) is 25.1 Å². The standard InChI is InChI=1S/C26H36N2O3/c1-17-3-2-4-22(27-17)16-30-6-5-21-15-31-24-14-28(13-23(21)24)25(29)26-10-18-7-19(11-26)9-20(8-18)12-26/h2-4,18-21,23-24H,5-16H2,1H3/t18?,19?,20?,21-,23-,24-,26?/m0/s1. The van der Waals surface area contributed by atoms with Crippen LogP contribution < -0.4 is 0 Å². The summed E-state index contributed by atoms with van der Waals surface area (Å²) >= 11 is 0. The Hall–Kier alpha value is -1.46. The van der Waals surface area contributed by atoms with Gasteiger partial charge in [0.25, 0.3) is 0 Å². The molecule has 168 valence electrons. The fourth-order valence-electron chi connectivity index (χ4n) is 8.06. The average Bonchev–Trinajstić information content (AvgIpc) is 3.31. The molecule has 5 nitrogen and oxygen atoms in total. The third-order valence-corrected chi connectivity index (χ3v) is 9.05. The average molecular weight is 425 g/mol. The van der Waals surface area contributed by atoms with Crippen LogP contribution in [0.3, 0.4) is 0 Å². The smallest absolute Gasteiger partial charge is 0.228 e. The molecule has 4 bridgehead atoms. The molecule has 2 saturated heterocycles. The maximum absolute atomic E-state index is 13.7. The van der Waals surface area contributed by atoms with Crippen molar-refractivity contribution in [3.63, 3.8) is 0 Å². The summed E-state index contributed by atoms with van der Waals surface area (Å²) in [5, 5.41) is 0. The van der Waals surface area contributed by atoms with Gasteiger partial charge in [-0.05, 0) is 87.7 Å². The normalized spacial score (nSPS) is 40.5. The van der Waals surface area contributed by atoms with E-state index in [4.69, 9.17) is 9.47 Å². The second kappa shape index (κ2) is 7.84. The quantitative estimate of drug-likeness (QED) is 0.648. The maximum atomic E-state index is 13.7. The first-order valence-electron chi connectivity index (χ1n) is 12.5. The van der Waals surface area contributed by atoms with Crippen molar-refractivity contribution in [2.75, 3.05) is 26.3 Å². The molecule has 2 aliphatic heterocycles. The summed E-state index contributed by atoms with van der Waals surface area (Å²) < 4.78 is 12.1. The van der Waals surface area contributed by atoms with E-state index in [1.54, 1.807) is 0 Å². The Morgan fingerprint density at radius 3 is 2.61 bits per heavy atom. The van der Waals surface area contributed by atoms with Gasteiger partial charge in [0.1, 0.15) is 0 Å². The van der Waals surface area contributed by atoms with Crippen LogP contribution in [0, 0.1) is 41.9 Å². The highest BCUT2D eigenvalue weighted by atomic mass is 16.5.